The SMILES string of the molecule is CCCCn1nccc1NC(=O)c1cc(-c2cccs2)nc2c1cnn2C(C)C. The van der Waals surface area contributed by atoms with Crippen LogP contribution in [0, 0.1) is 0 Å². The van der Waals surface area contributed by atoms with E-state index in [4.69, 9.17) is 4.98 Å². The van der Waals surface area contributed by atoms with E-state index in [1.807, 2.05) is 39.0 Å². The van der Waals surface area contributed by atoms with Crippen LogP contribution in [0.3, 0.4) is 0 Å². The number of aromatic nitrogens is 5. The fraction of sp³-hybridized carbons (Fsp3) is 0.333. The molecule has 29 heavy (non-hydrogen) atoms. The Hall–Kier alpha value is -3.00. The van der Waals surface area contributed by atoms with Gasteiger partial charge in [-0.05, 0) is 37.8 Å². The summed E-state index contributed by atoms with van der Waals surface area (Å²) in [6.07, 6.45) is 5.51. The van der Waals surface area contributed by atoms with Crippen LogP contribution in [0.2, 0.25) is 0 Å². The average Bonchev–Trinajstić information content (AvgIpc) is 3.45. The van der Waals surface area contributed by atoms with Gasteiger partial charge in [0.15, 0.2) is 5.65 Å². The lowest BCUT2D eigenvalue weighted by Gasteiger charge is -2.11. The minimum Gasteiger partial charge on any atom is -0.307 e. The molecule has 4 rings (SSSR count). The highest BCUT2D eigenvalue weighted by Crippen LogP contribution is 2.29. The molecule has 0 saturated heterocycles. The van der Waals surface area contributed by atoms with E-state index in [2.05, 4.69) is 36.3 Å². The highest BCUT2D eigenvalue weighted by atomic mass is 32.1. The van der Waals surface area contributed by atoms with Gasteiger partial charge in [0.2, 0.25) is 0 Å². The highest BCUT2D eigenvalue weighted by Gasteiger charge is 2.20. The van der Waals surface area contributed by atoms with Crippen molar-refractivity contribution >= 4 is 34.1 Å². The first-order valence-electron chi connectivity index (χ1n) is 9.83. The van der Waals surface area contributed by atoms with Crippen LogP contribution in [0.4, 0.5) is 5.82 Å². The van der Waals surface area contributed by atoms with Crippen molar-refractivity contribution in [3.8, 4) is 10.6 Å². The molecule has 4 aromatic heterocycles. The van der Waals surface area contributed by atoms with Gasteiger partial charge in [-0.25, -0.2) is 14.3 Å². The van der Waals surface area contributed by atoms with Gasteiger partial charge in [-0.3, -0.25) is 4.79 Å². The van der Waals surface area contributed by atoms with Crippen LogP contribution < -0.4 is 5.32 Å². The Morgan fingerprint density at radius 1 is 1.28 bits per heavy atom. The lowest BCUT2D eigenvalue weighted by molar-refractivity contribution is 0.102. The van der Waals surface area contributed by atoms with E-state index < -0.39 is 0 Å². The number of hydrogen-bond acceptors (Lipinski definition) is 5. The molecule has 0 radical (unpaired) electrons. The largest absolute Gasteiger partial charge is 0.307 e. The summed E-state index contributed by atoms with van der Waals surface area (Å²) < 4.78 is 3.69. The molecular weight excluding hydrogens is 384 g/mol. The summed E-state index contributed by atoms with van der Waals surface area (Å²) >= 11 is 1.60. The molecule has 1 N–H and O–H groups in total. The molecule has 1 amide bonds. The van der Waals surface area contributed by atoms with Crippen molar-refractivity contribution in [2.24, 2.45) is 0 Å². The second-order valence-corrected chi connectivity index (χ2v) is 8.15. The van der Waals surface area contributed by atoms with Gasteiger partial charge < -0.3 is 5.32 Å². The molecule has 7 nitrogen and oxygen atoms in total. The van der Waals surface area contributed by atoms with E-state index in [1.165, 1.54) is 0 Å². The topological polar surface area (TPSA) is 77.6 Å². The van der Waals surface area contributed by atoms with Gasteiger partial charge in [-0.2, -0.15) is 10.2 Å². The second-order valence-electron chi connectivity index (χ2n) is 7.20. The lowest BCUT2D eigenvalue weighted by Crippen LogP contribution is -2.16. The van der Waals surface area contributed by atoms with Gasteiger partial charge in [0.05, 0.1) is 33.9 Å². The number of carbonyl (C=O) groups excluding carboxylic acids is 1. The molecule has 4 heterocycles. The molecule has 0 atom stereocenters. The van der Waals surface area contributed by atoms with Crippen LogP contribution in [-0.2, 0) is 6.54 Å². The number of hydrogen-bond donors (Lipinski definition) is 1. The number of carbonyl (C=O) groups is 1. The van der Waals surface area contributed by atoms with E-state index in [-0.39, 0.29) is 11.9 Å². The van der Waals surface area contributed by atoms with Crippen LogP contribution in [0.5, 0.6) is 0 Å². The van der Waals surface area contributed by atoms with Gasteiger partial charge in [-0.1, -0.05) is 19.4 Å². The molecule has 4 aromatic rings. The summed E-state index contributed by atoms with van der Waals surface area (Å²) in [5, 5.41) is 14.6. The number of nitrogens with zero attached hydrogens (tertiary/aromatic N) is 5. The zero-order valence-electron chi connectivity index (χ0n) is 16.8. The van der Waals surface area contributed by atoms with E-state index in [1.54, 1.807) is 23.7 Å². The summed E-state index contributed by atoms with van der Waals surface area (Å²) in [5.41, 5.74) is 2.06. The maximum Gasteiger partial charge on any atom is 0.257 e. The molecule has 0 aromatic carbocycles. The minimum atomic E-state index is -0.184. The Morgan fingerprint density at radius 3 is 2.86 bits per heavy atom. The molecule has 0 aliphatic heterocycles. The number of amides is 1. The van der Waals surface area contributed by atoms with E-state index in [0.717, 1.165) is 41.0 Å². The Kier molecular flexibility index (Phi) is 5.44. The van der Waals surface area contributed by atoms with Gasteiger partial charge in [-0.15, -0.1) is 11.3 Å². The number of anilines is 1. The molecular formula is C21H24N6OS. The Morgan fingerprint density at radius 2 is 2.14 bits per heavy atom. The number of unbranched alkanes of at least 4 members (excludes halogenated alkanes) is 1. The zero-order chi connectivity index (χ0) is 20.4. The first kappa shape index (κ1) is 19.3. The monoisotopic (exact) mass is 408 g/mol. The number of thiophene rings is 1. The number of nitrogens with one attached hydrogen (secondary N) is 1. The van der Waals surface area contributed by atoms with E-state index in [9.17, 15) is 4.79 Å². The van der Waals surface area contributed by atoms with E-state index >= 15 is 0 Å². The normalized spacial score (nSPS) is 11.4. The predicted molar refractivity (Wildman–Crippen MR) is 116 cm³/mol. The van der Waals surface area contributed by atoms with Crippen molar-refractivity contribution in [1.29, 1.82) is 0 Å². The van der Waals surface area contributed by atoms with E-state index in [0.29, 0.717) is 11.4 Å². The van der Waals surface area contributed by atoms with Crippen molar-refractivity contribution in [2.45, 2.75) is 46.2 Å². The number of rotatable bonds is 7. The van der Waals surface area contributed by atoms with Crippen LogP contribution >= 0.6 is 11.3 Å². The summed E-state index contributed by atoms with van der Waals surface area (Å²) in [4.78, 5) is 19.1. The smallest absolute Gasteiger partial charge is 0.257 e. The third-order valence-corrected chi connectivity index (χ3v) is 5.65. The fourth-order valence-electron chi connectivity index (χ4n) is 3.24. The predicted octanol–water partition coefficient (Wildman–Crippen LogP) is 4.99. The molecule has 0 unspecified atom stereocenters. The van der Waals surface area contributed by atoms with Crippen LogP contribution in [-0.4, -0.2) is 30.5 Å². The molecule has 8 heteroatoms. The number of fused-ring (bicyclic) bond motifs is 1. The van der Waals surface area contributed by atoms with Crippen molar-refractivity contribution in [3.05, 3.63) is 47.6 Å². The maximum absolute atomic E-state index is 13.2. The molecule has 0 spiro atoms. The first-order chi connectivity index (χ1) is 14.1. The van der Waals surface area contributed by atoms with Crippen LogP contribution in [0.15, 0.2) is 42.0 Å². The summed E-state index contributed by atoms with van der Waals surface area (Å²) in [5.74, 6) is 0.513. The Labute approximate surface area is 173 Å². The van der Waals surface area contributed by atoms with Crippen molar-refractivity contribution in [1.82, 2.24) is 24.5 Å². The lowest BCUT2D eigenvalue weighted by atomic mass is 10.1. The van der Waals surface area contributed by atoms with Crippen LogP contribution in [0.25, 0.3) is 21.6 Å². The van der Waals surface area contributed by atoms with Crippen LogP contribution in [0.1, 0.15) is 50.0 Å². The quantitative estimate of drug-likeness (QED) is 0.467. The maximum atomic E-state index is 13.2. The molecule has 0 bridgehead atoms. The molecule has 0 fully saturated rings. The summed E-state index contributed by atoms with van der Waals surface area (Å²) in [6, 6.07) is 7.81. The third-order valence-electron chi connectivity index (χ3n) is 4.76. The van der Waals surface area contributed by atoms with Gasteiger partial charge in [0.25, 0.3) is 5.91 Å². The fourth-order valence-corrected chi connectivity index (χ4v) is 3.93. The summed E-state index contributed by atoms with van der Waals surface area (Å²) in [6.45, 7) is 7.01. The average molecular weight is 409 g/mol. The third kappa shape index (κ3) is 3.80. The molecule has 150 valence electrons. The molecule has 0 saturated carbocycles. The van der Waals surface area contributed by atoms with Crippen molar-refractivity contribution in [2.75, 3.05) is 5.32 Å². The van der Waals surface area contributed by atoms with Crippen molar-refractivity contribution in [3.63, 3.8) is 0 Å². The summed E-state index contributed by atoms with van der Waals surface area (Å²) in [7, 11) is 0. The molecule has 0 aliphatic carbocycles. The minimum absolute atomic E-state index is 0.143. The Bertz CT molecular complexity index is 1130. The Balaban J connectivity index is 1.76. The van der Waals surface area contributed by atoms with Crippen molar-refractivity contribution < 1.29 is 4.79 Å². The first-order valence-corrected chi connectivity index (χ1v) is 10.7. The standard InChI is InChI=1S/C21H24N6OS/c1-4-5-10-26-19(8-9-22-26)25-21(28)15-12-17(18-7-6-11-29-18)24-20-16(15)13-23-27(20)14(2)3/h6-9,11-14H,4-5,10H2,1-3H3,(H,25,28). The molecule has 0 aliphatic rings. The number of aryl methyl sites for hydroxylation is 1. The van der Waals surface area contributed by atoms with Gasteiger partial charge in [0.1, 0.15) is 5.82 Å². The number of pyridine rings is 1. The van der Waals surface area contributed by atoms with Gasteiger partial charge >= 0.3 is 0 Å². The second kappa shape index (κ2) is 8.16. The highest BCUT2D eigenvalue weighted by molar-refractivity contribution is 7.13. The zero-order valence-corrected chi connectivity index (χ0v) is 17.6. The van der Waals surface area contributed by atoms with Gasteiger partial charge in [0, 0.05) is 18.7 Å².